The summed E-state index contributed by atoms with van der Waals surface area (Å²) in [4.78, 5) is 12.3. The maximum atomic E-state index is 12.3. The van der Waals surface area contributed by atoms with Gasteiger partial charge in [-0.2, -0.15) is 0 Å². The normalized spacial score (nSPS) is 10.3. The number of amides is 1. The molecule has 3 nitrogen and oxygen atoms in total. The van der Waals surface area contributed by atoms with Gasteiger partial charge in [0.2, 0.25) is 5.91 Å². The van der Waals surface area contributed by atoms with Gasteiger partial charge in [-0.25, -0.2) is 0 Å². The molecular weight excluding hydrogens is 308 g/mol. The van der Waals surface area contributed by atoms with Crippen LogP contribution in [0.1, 0.15) is 11.1 Å². The second-order valence-corrected chi connectivity index (χ2v) is 6.13. The zero-order chi connectivity index (χ0) is 17.6. The Morgan fingerprint density at radius 2 is 1.56 bits per heavy atom. The second-order valence-electron chi connectivity index (χ2n) is 6.13. The van der Waals surface area contributed by atoms with Crippen LogP contribution in [0.4, 0.5) is 11.4 Å². The van der Waals surface area contributed by atoms with Crippen LogP contribution in [0.15, 0.2) is 72.8 Å². The first-order valence-electron chi connectivity index (χ1n) is 8.39. The van der Waals surface area contributed by atoms with E-state index in [0.717, 1.165) is 33.6 Å². The fraction of sp³-hybridized carbons (Fsp3) is 0.136. The molecule has 3 rings (SSSR count). The molecule has 0 aliphatic carbocycles. The van der Waals surface area contributed by atoms with Crippen molar-refractivity contribution in [2.45, 2.75) is 13.8 Å². The van der Waals surface area contributed by atoms with Crippen molar-refractivity contribution in [2.24, 2.45) is 0 Å². The first kappa shape index (κ1) is 16.8. The highest BCUT2D eigenvalue weighted by atomic mass is 16.1. The Kier molecular flexibility index (Phi) is 5.14. The van der Waals surface area contributed by atoms with Crippen molar-refractivity contribution in [2.75, 3.05) is 17.2 Å². The van der Waals surface area contributed by atoms with Crippen LogP contribution in [-0.2, 0) is 4.79 Å². The van der Waals surface area contributed by atoms with Gasteiger partial charge in [0, 0.05) is 16.9 Å². The van der Waals surface area contributed by atoms with Gasteiger partial charge >= 0.3 is 0 Å². The molecule has 0 bridgehead atoms. The van der Waals surface area contributed by atoms with Gasteiger partial charge in [-0.3, -0.25) is 4.79 Å². The fourth-order valence-corrected chi connectivity index (χ4v) is 2.75. The maximum Gasteiger partial charge on any atom is 0.243 e. The van der Waals surface area contributed by atoms with E-state index in [1.165, 1.54) is 0 Å². The summed E-state index contributed by atoms with van der Waals surface area (Å²) in [5.41, 5.74) is 6.21. The summed E-state index contributed by atoms with van der Waals surface area (Å²) in [6.45, 7) is 4.23. The van der Waals surface area contributed by atoms with Gasteiger partial charge in [-0.05, 0) is 42.7 Å². The number of para-hydroxylation sites is 1. The Morgan fingerprint density at radius 3 is 2.36 bits per heavy atom. The number of carbonyl (C=O) groups excluding carboxylic acids is 1. The summed E-state index contributed by atoms with van der Waals surface area (Å²) in [5.74, 6) is -0.0587. The predicted molar refractivity (Wildman–Crippen MR) is 105 cm³/mol. The average Bonchev–Trinajstić information content (AvgIpc) is 2.64. The highest BCUT2D eigenvalue weighted by Gasteiger charge is 2.08. The zero-order valence-electron chi connectivity index (χ0n) is 14.5. The minimum Gasteiger partial charge on any atom is -0.376 e. The molecule has 25 heavy (non-hydrogen) atoms. The number of anilines is 2. The Bertz CT molecular complexity index is 872. The molecule has 0 saturated carbocycles. The van der Waals surface area contributed by atoms with Gasteiger partial charge in [0.05, 0.1) is 6.54 Å². The van der Waals surface area contributed by atoms with E-state index in [2.05, 4.69) is 28.8 Å². The van der Waals surface area contributed by atoms with E-state index >= 15 is 0 Å². The van der Waals surface area contributed by atoms with Crippen LogP contribution < -0.4 is 10.6 Å². The highest BCUT2D eigenvalue weighted by Crippen LogP contribution is 2.27. The first-order valence-corrected chi connectivity index (χ1v) is 8.39. The molecule has 0 heterocycles. The summed E-state index contributed by atoms with van der Waals surface area (Å²) >= 11 is 0. The molecule has 3 aromatic rings. The van der Waals surface area contributed by atoms with E-state index in [4.69, 9.17) is 0 Å². The third kappa shape index (κ3) is 4.27. The van der Waals surface area contributed by atoms with E-state index in [1.54, 1.807) is 0 Å². The van der Waals surface area contributed by atoms with Crippen molar-refractivity contribution in [1.29, 1.82) is 0 Å². The predicted octanol–water partition coefficient (Wildman–Crippen LogP) is 5.02. The Labute approximate surface area is 148 Å². The Hall–Kier alpha value is -3.07. The molecule has 126 valence electrons. The van der Waals surface area contributed by atoms with E-state index < -0.39 is 0 Å². The number of nitrogens with one attached hydrogen (secondary N) is 2. The van der Waals surface area contributed by atoms with Crippen molar-refractivity contribution in [3.05, 3.63) is 83.9 Å². The molecule has 1 amide bonds. The minimum atomic E-state index is -0.0587. The Morgan fingerprint density at radius 1 is 0.840 bits per heavy atom. The lowest BCUT2D eigenvalue weighted by Crippen LogP contribution is -2.22. The van der Waals surface area contributed by atoms with Crippen LogP contribution in [-0.4, -0.2) is 12.5 Å². The molecule has 0 saturated heterocycles. The third-order valence-corrected chi connectivity index (χ3v) is 4.12. The van der Waals surface area contributed by atoms with Crippen LogP contribution in [0.5, 0.6) is 0 Å². The molecule has 0 radical (unpaired) electrons. The summed E-state index contributed by atoms with van der Waals surface area (Å²) in [7, 11) is 0. The minimum absolute atomic E-state index is 0.0587. The number of rotatable bonds is 5. The summed E-state index contributed by atoms with van der Waals surface area (Å²) in [6, 6.07) is 24.2. The molecular formula is C22H22N2O. The number of hydrogen-bond acceptors (Lipinski definition) is 2. The largest absolute Gasteiger partial charge is 0.376 e. The number of hydrogen-bond donors (Lipinski definition) is 2. The lowest BCUT2D eigenvalue weighted by Gasteiger charge is -2.13. The van der Waals surface area contributed by atoms with Crippen molar-refractivity contribution < 1.29 is 4.79 Å². The van der Waals surface area contributed by atoms with Crippen LogP contribution in [0.3, 0.4) is 0 Å². The molecule has 0 aliphatic heterocycles. The van der Waals surface area contributed by atoms with Crippen molar-refractivity contribution in [1.82, 2.24) is 0 Å². The lowest BCUT2D eigenvalue weighted by molar-refractivity contribution is -0.114. The zero-order valence-corrected chi connectivity index (χ0v) is 14.5. The van der Waals surface area contributed by atoms with Crippen LogP contribution in [0.2, 0.25) is 0 Å². The summed E-state index contributed by atoms with van der Waals surface area (Å²) in [6.07, 6.45) is 0. The number of carbonyl (C=O) groups is 1. The molecule has 2 N–H and O–H groups in total. The fourth-order valence-electron chi connectivity index (χ4n) is 2.75. The third-order valence-electron chi connectivity index (χ3n) is 4.12. The van der Waals surface area contributed by atoms with Gasteiger partial charge < -0.3 is 10.6 Å². The standard InChI is InChI=1S/C22H22N2O/c1-16-12-13-17(2)21(14-16)24-22(25)15-23-20-11-7-6-10-19(20)18-8-4-3-5-9-18/h3-14,23H,15H2,1-2H3,(H,24,25). The molecule has 3 heteroatoms. The maximum absolute atomic E-state index is 12.3. The molecule has 0 spiro atoms. The summed E-state index contributed by atoms with van der Waals surface area (Å²) < 4.78 is 0. The van der Waals surface area contributed by atoms with Gasteiger partial charge in [-0.1, -0.05) is 60.7 Å². The molecule has 0 atom stereocenters. The first-order chi connectivity index (χ1) is 12.1. The monoisotopic (exact) mass is 330 g/mol. The molecule has 0 aliphatic rings. The van der Waals surface area contributed by atoms with E-state index in [9.17, 15) is 4.79 Å². The Balaban J connectivity index is 1.70. The topological polar surface area (TPSA) is 41.1 Å². The quantitative estimate of drug-likeness (QED) is 0.689. The average molecular weight is 330 g/mol. The molecule has 0 unspecified atom stereocenters. The molecule has 3 aromatic carbocycles. The van der Waals surface area contributed by atoms with Crippen LogP contribution in [0.25, 0.3) is 11.1 Å². The SMILES string of the molecule is Cc1ccc(C)c(NC(=O)CNc2ccccc2-c2ccccc2)c1. The van der Waals surface area contributed by atoms with Gasteiger partial charge in [0.25, 0.3) is 0 Å². The molecule has 0 fully saturated rings. The highest BCUT2D eigenvalue weighted by molar-refractivity contribution is 5.95. The van der Waals surface area contributed by atoms with Gasteiger partial charge in [0.1, 0.15) is 0 Å². The van der Waals surface area contributed by atoms with Crippen molar-refractivity contribution in [3.8, 4) is 11.1 Å². The van der Waals surface area contributed by atoms with E-state index in [1.807, 2.05) is 68.4 Å². The summed E-state index contributed by atoms with van der Waals surface area (Å²) in [5, 5.41) is 6.23. The smallest absolute Gasteiger partial charge is 0.243 e. The number of benzene rings is 3. The van der Waals surface area contributed by atoms with Gasteiger partial charge in [0.15, 0.2) is 0 Å². The van der Waals surface area contributed by atoms with Gasteiger partial charge in [-0.15, -0.1) is 0 Å². The van der Waals surface area contributed by atoms with Crippen molar-refractivity contribution in [3.63, 3.8) is 0 Å². The lowest BCUT2D eigenvalue weighted by atomic mass is 10.0. The van der Waals surface area contributed by atoms with Crippen molar-refractivity contribution >= 4 is 17.3 Å². The number of aryl methyl sites for hydroxylation is 2. The second kappa shape index (κ2) is 7.67. The van der Waals surface area contributed by atoms with E-state index in [-0.39, 0.29) is 12.5 Å². The van der Waals surface area contributed by atoms with Crippen LogP contribution in [0, 0.1) is 13.8 Å². The van der Waals surface area contributed by atoms with E-state index in [0.29, 0.717) is 0 Å². The van der Waals surface area contributed by atoms with Crippen LogP contribution >= 0.6 is 0 Å². The molecule has 0 aromatic heterocycles.